The summed E-state index contributed by atoms with van der Waals surface area (Å²) >= 11 is 0. The molecule has 19 heavy (non-hydrogen) atoms. The van der Waals surface area contributed by atoms with Gasteiger partial charge in [-0.3, -0.25) is 0 Å². The minimum absolute atomic E-state index is 0.0610. The van der Waals surface area contributed by atoms with E-state index in [1.54, 1.807) is 0 Å². The molecule has 2 N–H and O–H groups in total. The lowest BCUT2D eigenvalue weighted by Crippen LogP contribution is -2.27. The van der Waals surface area contributed by atoms with Crippen molar-refractivity contribution in [2.45, 2.75) is 38.3 Å². The molecule has 0 spiro atoms. The van der Waals surface area contributed by atoms with Gasteiger partial charge in [-0.2, -0.15) is 0 Å². The van der Waals surface area contributed by atoms with Crippen molar-refractivity contribution >= 4 is 11.0 Å². The fraction of sp³-hybridized carbons (Fsp3) is 0.500. The molecular weight excluding hydrogens is 238 g/mol. The van der Waals surface area contributed by atoms with Crippen molar-refractivity contribution < 1.29 is 9.52 Å². The first-order chi connectivity index (χ1) is 9.33. The van der Waals surface area contributed by atoms with Crippen molar-refractivity contribution in [1.29, 1.82) is 0 Å². The standard InChI is InChI=1S/C16H21NO2/c18-14-7-5-12(6-8-14)9-17-10-13-11-19-16-4-2-1-3-15(13)16/h1-4,11-12,14,17-18H,5-10H2. The first-order valence-electron chi connectivity index (χ1n) is 7.17. The largest absolute Gasteiger partial charge is 0.464 e. The van der Waals surface area contributed by atoms with Crippen LogP contribution in [0.5, 0.6) is 0 Å². The highest BCUT2D eigenvalue weighted by Crippen LogP contribution is 2.24. The van der Waals surface area contributed by atoms with Gasteiger partial charge in [-0.1, -0.05) is 18.2 Å². The summed E-state index contributed by atoms with van der Waals surface area (Å²) in [5.41, 5.74) is 2.19. The maximum absolute atomic E-state index is 9.49. The third kappa shape index (κ3) is 2.99. The van der Waals surface area contributed by atoms with Gasteiger partial charge < -0.3 is 14.8 Å². The average molecular weight is 259 g/mol. The lowest BCUT2D eigenvalue weighted by Gasteiger charge is -2.25. The molecule has 0 saturated heterocycles. The van der Waals surface area contributed by atoms with Gasteiger partial charge in [0.2, 0.25) is 0 Å². The van der Waals surface area contributed by atoms with Crippen LogP contribution in [0.2, 0.25) is 0 Å². The summed E-state index contributed by atoms with van der Waals surface area (Å²) in [7, 11) is 0. The Balaban J connectivity index is 1.52. The molecule has 3 nitrogen and oxygen atoms in total. The first kappa shape index (κ1) is 12.7. The first-order valence-corrected chi connectivity index (χ1v) is 7.17. The molecule has 1 aliphatic rings. The van der Waals surface area contributed by atoms with E-state index in [1.807, 2.05) is 24.5 Å². The predicted octanol–water partition coefficient (Wildman–Crippen LogP) is 3.07. The molecule has 0 atom stereocenters. The summed E-state index contributed by atoms with van der Waals surface area (Å²) in [6.45, 7) is 1.89. The number of furan rings is 1. The van der Waals surface area contributed by atoms with Crippen LogP contribution < -0.4 is 5.32 Å². The maximum atomic E-state index is 9.49. The van der Waals surface area contributed by atoms with E-state index in [9.17, 15) is 5.11 Å². The van der Waals surface area contributed by atoms with E-state index in [4.69, 9.17) is 4.42 Å². The summed E-state index contributed by atoms with van der Waals surface area (Å²) in [4.78, 5) is 0. The SMILES string of the molecule is OC1CCC(CNCc2coc3ccccc23)CC1. The molecule has 3 heteroatoms. The number of benzene rings is 1. The van der Waals surface area contributed by atoms with Gasteiger partial charge in [0, 0.05) is 17.5 Å². The second-order valence-electron chi connectivity index (χ2n) is 5.56. The molecule has 1 fully saturated rings. The second kappa shape index (κ2) is 5.76. The van der Waals surface area contributed by atoms with Gasteiger partial charge in [0.1, 0.15) is 5.58 Å². The van der Waals surface area contributed by atoms with Crippen molar-refractivity contribution in [3.63, 3.8) is 0 Å². The summed E-state index contributed by atoms with van der Waals surface area (Å²) in [5.74, 6) is 0.710. The Morgan fingerprint density at radius 1 is 1.16 bits per heavy atom. The van der Waals surface area contributed by atoms with Crippen LogP contribution in [0.15, 0.2) is 34.9 Å². The van der Waals surface area contributed by atoms with Gasteiger partial charge in [0.05, 0.1) is 12.4 Å². The normalized spacial score (nSPS) is 23.8. The number of hydrogen-bond donors (Lipinski definition) is 2. The Labute approximate surface area is 113 Å². The van der Waals surface area contributed by atoms with Crippen molar-refractivity contribution in [2.75, 3.05) is 6.54 Å². The number of para-hydroxylation sites is 1. The van der Waals surface area contributed by atoms with Crippen molar-refractivity contribution in [1.82, 2.24) is 5.32 Å². The zero-order chi connectivity index (χ0) is 13.1. The molecular formula is C16H21NO2. The third-order valence-electron chi connectivity index (χ3n) is 4.13. The number of aliphatic hydroxyl groups excluding tert-OH is 1. The molecule has 3 rings (SSSR count). The van der Waals surface area contributed by atoms with Gasteiger partial charge in [-0.25, -0.2) is 0 Å². The van der Waals surface area contributed by atoms with Crippen molar-refractivity contribution in [2.24, 2.45) is 5.92 Å². The highest BCUT2D eigenvalue weighted by molar-refractivity contribution is 5.80. The number of rotatable bonds is 4. The Bertz CT molecular complexity index is 526. The number of hydrogen-bond acceptors (Lipinski definition) is 3. The van der Waals surface area contributed by atoms with Gasteiger partial charge in [-0.15, -0.1) is 0 Å². The molecule has 1 aromatic carbocycles. The second-order valence-corrected chi connectivity index (χ2v) is 5.56. The fourth-order valence-electron chi connectivity index (χ4n) is 2.93. The van der Waals surface area contributed by atoms with Crippen LogP contribution in [0.1, 0.15) is 31.2 Å². The van der Waals surface area contributed by atoms with Crippen LogP contribution in [-0.2, 0) is 6.54 Å². The molecule has 1 saturated carbocycles. The van der Waals surface area contributed by atoms with E-state index >= 15 is 0 Å². The van der Waals surface area contributed by atoms with Crippen molar-refractivity contribution in [3.05, 3.63) is 36.1 Å². The molecule has 102 valence electrons. The van der Waals surface area contributed by atoms with E-state index in [-0.39, 0.29) is 6.10 Å². The summed E-state index contributed by atoms with van der Waals surface area (Å²) in [6, 6.07) is 8.15. The monoisotopic (exact) mass is 259 g/mol. The molecule has 1 aromatic heterocycles. The molecule has 0 radical (unpaired) electrons. The van der Waals surface area contributed by atoms with Crippen LogP contribution in [-0.4, -0.2) is 17.8 Å². The Morgan fingerprint density at radius 2 is 1.95 bits per heavy atom. The molecule has 0 bridgehead atoms. The van der Waals surface area contributed by atoms with Crippen LogP contribution in [0.25, 0.3) is 11.0 Å². The molecule has 0 unspecified atom stereocenters. The number of nitrogens with one attached hydrogen (secondary N) is 1. The minimum Gasteiger partial charge on any atom is -0.464 e. The topological polar surface area (TPSA) is 45.4 Å². The lowest BCUT2D eigenvalue weighted by molar-refractivity contribution is 0.108. The fourth-order valence-corrected chi connectivity index (χ4v) is 2.93. The zero-order valence-electron chi connectivity index (χ0n) is 11.1. The Hall–Kier alpha value is -1.32. The summed E-state index contributed by atoms with van der Waals surface area (Å²) in [5, 5.41) is 14.2. The summed E-state index contributed by atoms with van der Waals surface area (Å²) in [6.07, 6.45) is 5.99. The van der Waals surface area contributed by atoms with Gasteiger partial charge in [-0.05, 0) is 44.2 Å². The molecule has 1 heterocycles. The third-order valence-corrected chi connectivity index (χ3v) is 4.13. The van der Waals surface area contributed by atoms with E-state index < -0.39 is 0 Å². The van der Waals surface area contributed by atoms with Gasteiger partial charge in [0.25, 0.3) is 0 Å². The van der Waals surface area contributed by atoms with E-state index in [2.05, 4.69) is 11.4 Å². The van der Waals surface area contributed by atoms with Crippen LogP contribution in [0.4, 0.5) is 0 Å². The molecule has 0 amide bonds. The van der Waals surface area contributed by atoms with Gasteiger partial charge in [0.15, 0.2) is 0 Å². The van der Waals surface area contributed by atoms with Gasteiger partial charge >= 0.3 is 0 Å². The smallest absolute Gasteiger partial charge is 0.134 e. The average Bonchev–Trinajstić information content (AvgIpc) is 2.85. The van der Waals surface area contributed by atoms with E-state index in [0.29, 0.717) is 5.92 Å². The highest BCUT2D eigenvalue weighted by Gasteiger charge is 2.18. The highest BCUT2D eigenvalue weighted by atomic mass is 16.3. The Kier molecular flexibility index (Phi) is 3.85. The molecule has 2 aromatic rings. The number of fused-ring (bicyclic) bond motifs is 1. The van der Waals surface area contributed by atoms with Crippen LogP contribution in [0.3, 0.4) is 0 Å². The van der Waals surface area contributed by atoms with Crippen molar-refractivity contribution in [3.8, 4) is 0 Å². The predicted molar refractivity (Wildman–Crippen MR) is 75.9 cm³/mol. The maximum Gasteiger partial charge on any atom is 0.134 e. The Morgan fingerprint density at radius 3 is 2.79 bits per heavy atom. The lowest BCUT2D eigenvalue weighted by atomic mass is 9.87. The van der Waals surface area contributed by atoms with Crippen LogP contribution >= 0.6 is 0 Å². The quantitative estimate of drug-likeness (QED) is 0.887. The zero-order valence-corrected chi connectivity index (χ0v) is 11.1. The molecule has 0 aliphatic heterocycles. The minimum atomic E-state index is -0.0610. The number of aliphatic hydroxyl groups is 1. The van der Waals surface area contributed by atoms with E-state index in [1.165, 1.54) is 10.9 Å². The van der Waals surface area contributed by atoms with E-state index in [0.717, 1.165) is 44.4 Å². The summed E-state index contributed by atoms with van der Waals surface area (Å²) < 4.78 is 5.53. The van der Waals surface area contributed by atoms with Crippen LogP contribution in [0, 0.1) is 5.92 Å². The molecule has 1 aliphatic carbocycles.